The minimum atomic E-state index is -0.133. The van der Waals surface area contributed by atoms with Crippen molar-refractivity contribution in [3.63, 3.8) is 0 Å². The Bertz CT molecular complexity index is 1030. The van der Waals surface area contributed by atoms with Gasteiger partial charge in [0.15, 0.2) is 5.16 Å². The summed E-state index contributed by atoms with van der Waals surface area (Å²) in [6.07, 6.45) is 0.840. The number of thioether (sulfide) groups is 1. The second-order valence-corrected chi connectivity index (χ2v) is 7.15. The molecule has 3 aromatic rings. The molecule has 0 saturated heterocycles. The molecule has 1 heterocycles. The Morgan fingerprint density at radius 3 is 2.71 bits per heavy atom. The number of nitrogens with zero attached hydrogens (tertiary/aromatic N) is 2. The van der Waals surface area contributed by atoms with Crippen LogP contribution < -0.4 is 10.9 Å². The Morgan fingerprint density at radius 1 is 1.18 bits per heavy atom. The molecule has 0 aliphatic heterocycles. The van der Waals surface area contributed by atoms with Crippen molar-refractivity contribution in [1.29, 1.82) is 0 Å². The fourth-order valence-corrected chi connectivity index (χ4v) is 3.73. The van der Waals surface area contributed by atoms with Crippen LogP contribution in [0.25, 0.3) is 10.9 Å². The number of aryl methyl sites for hydroxylation is 1. The first kappa shape index (κ1) is 20.1. The van der Waals surface area contributed by atoms with E-state index in [0.29, 0.717) is 29.2 Å². The standard InChI is InChI=1S/C21H23N3O3S/c1-3-15-8-4-6-10-17(15)22-19(25)14-28-21-23-18-11-7-5-9-16(18)20(26)24(21)12-13-27-2/h4-11H,3,12-14H2,1-2H3,(H,22,25). The van der Waals surface area contributed by atoms with Gasteiger partial charge in [0, 0.05) is 12.8 Å². The second-order valence-electron chi connectivity index (χ2n) is 6.21. The molecule has 0 fully saturated rings. The Balaban J connectivity index is 1.81. The molecule has 1 amide bonds. The van der Waals surface area contributed by atoms with E-state index in [1.165, 1.54) is 11.8 Å². The summed E-state index contributed by atoms with van der Waals surface area (Å²) in [7, 11) is 1.59. The second kappa shape index (κ2) is 9.52. The lowest BCUT2D eigenvalue weighted by atomic mass is 10.1. The zero-order chi connectivity index (χ0) is 19.9. The van der Waals surface area contributed by atoms with Crippen LogP contribution in [-0.4, -0.2) is 34.9 Å². The van der Waals surface area contributed by atoms with Crippen molar-refractivity contribution in [1.82, 2.24) is 9.55 Å². The highest BCUT2D eigenvalue weighted by Gasteiger charge is 2.13. The van der Waals surface area contributed by atoms with Crippen molar-refractivity contribution in [3.8, 4) is 0 Å². The number of ether oxygens (including phenoxy) is 1. The van der Waals surface area contributed by atoms with Gasteiger partial charge in [0.25, 0.3) is 5.56 Å². The molecule has 6 nitrogen and oxygen atoms in total. The van der Waals surface area contributed by atoms with Crippen LogP contribution in [-0.2, 0) is 22.5 Å². The predicted molar refractivity (Wildman–Crippen MR) is 113 cm³/mol. The monoisotopic (exact) mass is 397 g/mol. The zero-order valence-electron chi connectivity index (χ0n) is 16.0. The average Bonchev–Trinajstić information content (AvgIpc) is 2.72. The lowest BCUT2D eigenvalue weighted by molar-refractivity contribution is -0.113. The first-order chi connectivity index (χ1) is 13.6. The third-order valence-corrected chi connectivity index (χ3v) is 5.33. The van der Waals surface area contributed by atoms with Crippen molar-refractivity contribution in [2.24, 2.45) is 0 Å². The van der Waals surface area contributed by atoms with E-state index in [4.69, 9.17) is 4.74 Å². The Morgan fingerprint density at radius 2 is 1.93 bits per heavy atom. The SMILES string of the molecule is CCc1ccccc1NC(=O)CSc1nc2ccccc2c(=O)n1CCOC. The number of anilines is 1. The van der Waals surface area contributed by atoms with E-state index in [9.17, 15) is 9.59 Å². The van der Waals surface area contributed by atoms with Crippen molar-refractivity contribution in [3.05, 3.63) is 64.4 Å². The molecule has 146 valence electrons. The van der Waals surface area contributed by atoms with Crippen LogP contribution >= 0.6 is 11.8 Å². The van der Waals surface area contributed by atoms with Gasteiger partial charge in [-0.15, -0.1) is 0 Å². The lowest BCUT2D eigenvalue weighted by Crippen LogP contribution is -2.26. The van der Waals surface area contributed by atoms with Crippen molar-refractivity contribution in [2.45, 2.75) is 25.0 Å². The number of rotatable bonds is 8. The predicted octanol–water partition coefficient (Wildman–Crippen LogP) is 3.34. The number of hydrogen-bond acceptors (Lipinski definition) is 5. The fraction of sp³-hybridized carbons (Fsp3) is 0.286. The molecule has 0 aliphatic rings. The molecule has 1 aromatic heterocycles. The Hall–Kier alpha value is -2.64. The molecule has 0 saturated carbocycles. The van der Waals surface area contributed by atoms with E-state index >= 15 is 0 Å². The molecule has 2 aromatic carbocycles. The average molecular weight is 398 g/mol. The highest BCUT2D eigenvalue weighted by Crippen LogP contribution is 2.20. The molecule has 0 spiro atoms. The Labute approximate surface area is 167 Å². The van der Waals surface area contributed by atoms with E-state index < -0.39 is 0 Å². The van der Waals surface area contributed by atoms with Gasteiger partial charge in [-0.1, -0.05) is 49.0 Å². The van der Waals surface area contributed by atoms with Crippen LogP contribution in [0.5, 0.6) is 0 Å². The maximum Gasteiger partial charge on any atom is 0.262 e. The summed E-state index contributed by atoms with van der Waals surface area (Å²) >= 11 is 1.25. The minimum Gasteiger partial charge on any atom is -0.383 e. The maximum atomic E-state index is 12.8. The van der Waals surface area contributed by atoms with Crippen molar-refractivity contribution >= 4 is 34.3 Å². The van der Waals surface area contributed by atoms with Gasteiger partial charge in [0.05, 0.1) is 29.8 Å². The summed E-state index contributed by atoms with van der Waals surface area (Å²) in [4.78, 5) is 29.9. The van der Waals surface area contributed by atoms with Crippen molar-refractivity contribution in [2.75, 3.05) is 24.8 Å². The number of aromatic nitrogens is 2. The third kappa shape index (κ3) is 4.61. The quantitative estimate of drug-likeness (QED) is 0.466. The normalized spacial score (nSPS) is 10.9. The molecule has 3 rings (SSSR count). The number of fused-ring (bicyclic) bond motifs is 1. The Kier molecular flexibility index (Phi) is 6.84. The lowest BCUT2D eigenvalue weighted by Gasteiger charge is -2.13. The molecule has 7 heteroatoms. The van der Waals surface area contributed by atoms with Crippen LogP contribution in [0.3, 0.4) is 0 Å². The van der Waals surface area contributed by atoms with Crippen LogP contribution in [0.4, 0.5) is 5.69 Å². The van der Waals surface area contributed by atoms with Crippen LogP contribution in [0, 0.1) is 0 Å². The molecule has 0 radical (unpaired) electrons. The van der Waals surface area contributed by atoms with Gasteiger partial charge in [0.2, 0.25) is 5.91 Å². The number of benzene rings is 2. The zero-order valence-corrected chi connectivity index (χ0v) is 16.8. The van der Waals surface area contributed by atoms with Crippen LogP contribution in [0.15, 0.2) is 58.5 Å². The summed E-state index contributed by atoms with van der Waals surface area (Å²) < 4.78 is 6.70. The number of methoxy groups -OCH3 is 1. The summed E-state index contributed by atoms with van der Waals surface area (Å²) in [6.45, 7) is 2.83. The van der Waals surface area contributed by atoms with Gasteiger partial charge >= 0.3 is 0 Å². The topological polar surface area (TPSA) is 73.2 Å². The number of para-hydroxylation sites is 2. The van der Waals surface area contributed by atoms with Crippen LogP contribution in [0.1, 0.15) is 12.5 Å². The summed E-state index contributed by atoms with van der Waals surface area (Å²) in [6, 6.07) is 15.0. The number of nitrogens with one attached hydrogen (secondary N) is 1. The van der Waals surface area contributed by atoms with E-state index in [2.05, 4.69) is 10.3 Å². The molecule has 28 heavy (non-hydrogen) atoms. The molecule has 0 unspecified atom stereocenters. The number of carbonyl (C=O) groups excluding carboxylic acids is 1. The van der Waals surface area contributed by atoms with Gasteiger partial charge in [-0.25, -0.2) is 4.98 Å². The van der Waals surface area contributed by atoms with E-state index in [1.807, 2.05) is 43.3 Å². The van der Waals surface area contributed by atoms with Gasteiger partial charge in [0.1, 0.15) is 0 Å². The summed E-state index contributed by atoms with van der Waals surface area (Å²) in [5.41, 5.74) is 2.41. The van der Waals surface area contributed by atoms with Gasteiger partial charge < -0.3 is 10.1 Å². The smallest absolute Gasteiger partial charge is 0.262 e. The first-order valence-corrected chi connectivity index (χ1v) is 10.1. The highest BCUT2D eigenvalue weighted by atomic mass is 32.2. The summed E-state index contributed by atoms with van der Waals surface area (Å²) in [5, 5.41) is 4.02. The summed E-state index contributed by atoms with van der Waals surface area (Å²) in [5.74, 6) is 0.0297. The first-order valence-electron chi connectivity index (χ1n) is 9.13. The van der Waals surface area contributed by atoms with Gasteiger partial charge in [-0.05, 0) is 30.2 Å². The van der Waals surface area contributed by atoms with Gasteiger partial charge in [-0.2, -0.15) is 0 Å². The third-order valence-electron chi connectivity index (χ3n) is 4.35. The molecular formula is C21H23N3O3S. The molecule has 0 bridgehead atoms. The van der Waals surface area contributed by atoms with E-state index in [-0.39, 0.29) is 17.2 Å². The van der Waals surface area contributed by atoms with E-state index in [0.717, 1.165) is 17.7 Å². The number of amides is 1. The molecule has 0 atom stereocenters. The van der Waals surface area contributed by atoms with Crippen molar-refractivity contribution < 1.29 is 9.53 Å². The maximum absolute atomic E-state index is 12.8. The largest absolute Gasteiger partial charge is 0.383 e. The molecular weight excluding hydrogens is 374 g/mol. The van der Waals surface area contributed by atoms with Crippen LogP contribution in [0.2, 0.25) is 0 Å². The minimum absolute atomic E-state index is 0.123. The molecule has 1 N–H and O–H groups in total. The number of hydrogen-bond donors (Lipinski definition) is 1. The van der Waals surface area contributed by atoms with E-state index in [1.54, 1.807) is 23.8 Å². The fourth-order valence-electron chi connectivity index (χ4n) is 2.90. The number of carbonyl (C=O) groups is 1. The van der Waals surface area contributed by atoms with Gasteiger partial charge in [-0.3, -0.25) is 14.2 Å². The molecule has 0 aliphatic carbocycles. The highest BCUT2D eigenvalue weighted by molar-refractivity contribution is 7.99.